The number of para-hydroxylation sites is 1. The first kappa shape index (κ1) is 11.9. The molecule has 0 aliphatic heterocycles. The molecule has 0 unspecified atom stereocenters. The molecule has 0 radical (unpaired) electrons. The Bertz CT molecular complexity index is 558. The molecule has 0 bridgehead atoms. The first-order chi connectivity index (χ1) is 9.33. The zero-order valence-corrected chi connectivity index (χ0v) is 10.6. The molecule has 1 amide bonds. The molecule has 0 spiro atoms. The van der Waals surface area contributed by atoms with Gasteiger partial charge in [-0.2, -0.15) is 9.90 Å². The standard InChI is InChI=1S/C14H16N4O/c19-14(16-11-6-4-5-7-11)13-10-15-18(17-13)12-8-2-1-3-9-12/h1-3,8-11H,4-7H2,(H,16,19). The molecule has 5 heteroatoms. The lowest BCUT2D eigenvalue weighted by Gasteiger charge is -2.09. The first-order valence-corrected chi connectivity index (χ1v) is 6.61. The molecule has 1 aliphatic rings. The summed E-state index contributed by atoms with van der Waals surface area (Å²) >= 11 is 0. The van der Waals surface area contributed by atoms with Gasteiger partial charge in [-0.1, -0.05) is 31.0 Å². The van der Waals surface area contributed by atoms with E-state index in [0.717, 1.165) is 18.5 Å². The van der Waals surface area contributed by atoms with Crippen molar-refractivity contribution in [3.8, 4) is 5.69 Å². The lowest BCUT2D eigenvalue weighted by molar-refractivity contribution is 0.0932. The van der Waals surface area contributed by atoms with E-state index in [2.05, 4.69) is 15.5 Å². The summed E-state index contributed by atoms with van der Waals surface area (Å²) in [7, 11) is 0. The molecule has 0 atom stereocenters. The Morgan fingerprint density at radius 3 is 2.68 bits per heavy atom. The Morgan fingerprint density at radius 1 is 1.21 bits per heavy atom. The summed E-state index contributed by atoms with van der Waals surface area (Å²) in [4.78, 5) is 13.5. The second-order valence-electron chi connectivity index (χ2n) is 4.81. The van der Waals surface area contributed by atoms with Crippen LogP contribution in [-0.4, -0.2) is 26.9 Å². The topological polar surface area (TPSA) is 59.8 Å². The molecule has 98 valence electrons. The van der Waals surface area contributed by atoms with Crippen LogP contribution in [0.25, 0.3) is 5.69 Å². The van der Waals surface area contributed by atoms with Crippen molar-refractivity contribution in [1.82, 2.24) is 20.3 Å². The van der Waals surface area contributed by atoms with Crippen molar-refractivity contribution in [2.24, 2.45) is 0 Å². The average molecular weight is 256 g/mol. The van der Waals surface area contributed by atoms with E-state index in [1.165, 1.54) is 23.8 Å². The molecule has 5 nitrogen and oxygen atoms in total. The van der Waals surface area contributed by atoms with E-state index in [1.54, 1.807) is 0 Å². The number of nitrogens with one attached hydrogen (secondary N) is 1. The molecular formula is C14H16N4O. The van der Waals surface area contributed by atoms with Crippen molar-refractivity contribution < 1.29 is 4.79 Å². The molecule has 1 heterocycles. The number of nitrogens with zero attached hydrogens (tertiary/aromatic N) is 3. The molecular weight excluding hydrogens is 240 g/mol. The smallest absolute Gasteiger partial charge is 0.273 e. The molecule has 19 heavy (non-hydrogen) atoms. The van der Waals surface area contributed by atoms with Crippen molar-refractivity contribution in [2.75, 3.05) is 0 Å². The Morgan fingerprint density at radius 2 is 1.95 bits per heavy atom. The highest BCUT2D eigenvalue weighted by molar-refractivity contribution is 5.92. The highest BCUT2D eigenvalue weighted by atomic mass is 16.2. The van der Waals surface area contributed by atoms with Crippen molar-refractivity contribution >= 4 is 5.91 Å². The van der Waals surface area contributed by atoms with E-state index in [4.69, 9.17) is 0 Å². The van der Waals surface area contributed by atoms with Crippen LogP contribution < -0.4 is 5.32 Å². The highest BCUT2D eigenvalue weighted by Crippen LogP contribution is 2.17. The number of carbonyl (C=O) groups is 1. The molecule has 1 aromatic heterocycles. The van der Waals surface area contributed by atoms with Gasteiger partial charge in [0.15, 0.2) is 5.69 Å². The lowest BCUT2D eigenvalue weighted by Crippen LogP contribution is -2.32. The van der Waals surface area contributed by atoms with Gasteiger partial charge < -0.3 is 5.32 Å². The lowest BCUT2D eigenvalue weighted by atomic mass is 10.2. The Labute approximate surface area is 111 Å². The highest BCUT2D eigenvalue weighted by Gasteiger charge is 2.19. The fourth-order valence-corrected chi connectivity index (χ4v) is 2.38. The van der Waals surface area contributed by atoms with Crippen LogP contribution in [0.4, 0.5) is 0 Å². The SMILES string of the molecule is O=C(NC1CCCC1)c1cnn(-c2ccccc2)n1. The number of hydrogen-bond donors (Lipinski definition) is 1. The van der Waals surface area contributed by atoms with Gasteiger partial charge >= 0.3 is 0 Å². The number of benzene rings is 1. The van der Waals surface area contributed by atoms with Gasteiger partial charge in [-0.05, 0) is 25.0 Å². The van der Waals surface area contributed by atoms with Crippen molar-refractivity contribution in [2.45, 2.75) is 31.7 Å². The van der Waals surface area contributed by atoms with Crippen LogP contribution in [0.5, 0.6) is 0 Å². The van der Waals surface area contributed by atoms with Crippen LogP contribution in [0, 0.1) is 0 Å². The van der Waals surface area contributed by atoms with Crippen molar-refractivity contribution in [1.29, 1.82) is 0 Å². The quantitative estimate of drug-likeness (QED) is 0.913. The number of rotatable bonds is 3. The van der Waals surface area contributed by atoms with Gasteiger partial charge in [0.2, 0.25) is 0 Å². The molecule has 1 aromatic carbocycles. The summed E-state index contributed by atoms with van der Waals surface area (Å²) in [6.45, 7) is 0. The largest absolute Gasteiger partial charge is 0.348 e. The summed E-state index contributed by atoms with van der Waals surface area (Å²) in [6.07, 6.45) is 6.04. The first-order valence-electron chi connectivity index (χ1n) is 6.61. The van der Waals surface area contributed by atoms with E-state index in [-0.39, 0.29) is 5.91 Å². The maximum absolute atomic E-state index is 12.0. The average Bonchev–Trinajstić information content (AvgIpc) is 3.10. The second-order valence-corrected chi connectivity index (χ2v) is 4.81. The summed E-state index contributed by atoms with van der Waals surface area (Å²) in [5.41, 5.74) is 1.22. The van der Waals surface area contributed by atoms with Crippen LogP contribution in [-0.2, 0) is 0 Å². The predicted octanol–water partition coefficient (Wildman–Crippen LogP) is 1.94. The third kappa shape index (κ3) is 2.65. The zero-order chi connectivity index (χ0) is 13.1. The Kier molecular flexibility index (Phi) is 3.27. The summed E-state index contributed by atoms with van der Waals surface area (Å²) in [5, 5.41) is 11.3. The van der Waals surface area contributed by atoms with E-state index < -0.39 is 0 Å². The minimum Gasteiger partial charge on any atom is -0.348 e. The third-order valence-electron chi connectivity index (χ3n) is 3.40. The van der Waals surface area contributed by atoms with Crippen LogP contribution in [0.3, 0.4) is 0 Å². The monoisotopic (exact) mass is 256 g/mol. The molecule has 2 aromatic rings. The van der Waals surface area contributed by atoms with Crippen LogP contribution in [0.15, 0.2) is 36.5 Å². The minimum absolute atomic E-state index is 0.130. The van der Waals surface area contributed by atoms with Crippen LogP contribution in [0.1, 0.15) is 36.2 Å². The van der Waals surface area contributed by atoms with Gasteiger partial charge in [0.1, 0.15) is 0 Å². The molecule has 3 rings (SSSR count). The fourth-order valence-electron chi connectivity index (χ4n) is 2.38. The number of amides is 1. The normalized spacial score (nSPS) is 15.6. The van der Waals surface area contributed by atoms with Crippen molar-refractivity contribution in [3.05, 3.63) is 42.2 Å². The van der Waals surface area contributed by atoms with E-state index >= 15 is 0 Å². The minimum atomic E-state index is -0.130. The number of aromatic nitrogens is 3. The Hall–Kier alpha value is -2.17. The van der Waals surface area contributed by atoms with Gasteiger partial charge in [-0.15, -0.1) is 5.10 Å². The summed E-state index contributed by atoms with van der Waals surface area (Å²) in [6, 6.07) is 9.86. The third-order valence-corrected chi connectivity index (χ3v) is 3.40. The van der Waals surface area contributed by atoms with E-state index in [0.29, 0.717) is 11.7 Å². The number of hydrogen-bond acceptors (Lipinski definition) is 3. The van der Waals surface area contributed by atoms with Crippen LogP contribution >= 0.6 is 0 Å². The van der Waals surface area contributed by atoms with Crippen molar-refractivity contribution in [3.63, 3.8) is 0 Å². The Balaban J connectivity index is 1.72. The second kappa shape index (κ2) is 5.22. The van der Waals surface area contributed by atoms with E-state index in [1.807, 2.05) is 30.3 Å². The van der Waals surface area contributed by atoms with Gasteiger partial charge in [0, 0.05) is 6.04 Å². The summed E-state index contributed by atoms with van der Waals surface area (Å²) in [5.74, 6) is -0.130. The molecule has 1 N–H and O–H groups in total. The molecule has 0 saturated heterocycles. The van der Waals surface area contributed by atoms with Gasteiger partial charge in [-0.3, -0.25) is 4.79 Å². The summed E-state index contributed by atoms with van der Waals surface area (Å²) < 4.78 is 0. The van der Waals surface area contributed by atoms with E-state index in [9.17, 15) is 4.79 Å². The van der Waals surface area contributed by atoms with Gasteiger partial charge in [0.25, 0.3) is 5.91 Å². The number of carbonyl (C=O) groups excluding carboxylic acids is 1. The maximum atomic E-state index is 12.0. The predicted molar refractivity (Wildman–Crippen MR) is 71.1 cm³/mol. The molecule has 1 fully saturated rings. The maximum Gasteiger partial charge on any atom is 0.273 e. The fraction of sp³-hybridized carbons (Fsp3) is 0.357. The zero-order valence-electron chi connectivity index (χ0n) is 10.6. The molecule has 1 aliphatic carbocycles. The van der Waals surface area contributed by atoms with Gasteiger partial charge in [-0.25, -0.2) is 0 Å². The molecule has 1 saturated carbocycles. The van der Waals surface area contributed by atoms with Gasteiger partial charge in [0.05, 0.1) is 11.9 Å². The van der Waals surface area contributed by atoms with Crippen LogP contribution in [0.2, 0.25) is 0 Å².